The summed E-state index contributed by atoms with van der Waals surface area (Å²) in [7, 11) is -4.56. The van der Waals surface area contributed by atoms with Gasteiger partial charge in [0, 0.05) is 6.61 Å². The van der Waals surface area contributed by atoms with E-state index in [1.807, 2.05) is 37.4 Å². The van der Waals surface area contributed by atoms with Gasteiger partial charge in [-0.3, -0.25) is 0 Å². The molecule has 0 spiro atoms. The molecule has 0 radical (unpaired) electrons. The van der Waals surface area contributed by atoms with Gasteiger partial charge in [-0.15, -0.1) is 0 Å². The van der Waals surface area contributed by atoms with Gasteiger partial charge in [0.15, 0.2) is 0 Å². The maximum Gasteiger partial charge on any atom is 0.383 e. The number of rotatable bonds is 14. The van der Waals surface area contributed by atoms with E-state index in [9.17, 15) is 0 Å². The van der Waals surface area contributed by atoms with E-state index in [4.69, 9.17) is 24.6 Å². The van der Waals surface area contributed by atoms with Crippen molar-refractivity contribution in [3.63, 3.8) is 0 Å². The second kappa shape index (κ2) is 12.2. The zero-order valence-corrected chi connectivity index (χ0v) is 20.0. The van der Waals surface area contributed by atoms with Crippen LogP contribution in [0, 0.1) is 0 Å². The molecule has 1 aromatic rings. The van der Waals surface area contributed by atoms with Crippen molar-refractivity contribution in [1.29, 1.82) is 0 Å². The predicted octanol–water partition coefficient (Wildman–Crippen LogP) is 7.30. The SMILES string of the molecule is CCCCCCCCCCO[Si](C)(C)O[Si](C)(C)Oc1ccccc1Cl. The number of unbranched alkanes of at least 4 members (excludes halogenated alkanes) is 7. The highest BCUT2D eigenvalue weighted by Crippen LogP contribution is 2.27. The molecule has 150 valence electrons. The summed E-state index contributed by atoms with van der Waals surface area (Å²) in [5, 5.41) is 0.621. The van der Waals surface area contributed by atoms with Gasteiger partial charge in [0.25, 0.3) is 0 Å². The number of para-hydroxylation sites is 1. The first-order valence-electron chi connectivity index (χ1n) is 10.0. The minimum atomic E-state index is -2.35. The molecule has 0 saturated heterocycles. The highest BCUT2D eigenvalue weighted by Gasteiger charge is 2.38. The van der Waals surface area contributed by atoms with E-state index in [-0.39, 0.29) is 0 Å². The molecule has 1 aromatic carbocycles. The van der Waals surface area contributed by atoms with Gasteiger partial charge in [0.05, 0.1) is 5.02 Å². The van der Waals surface area contributed by atoms with E-state index in [0.29, 0.717) is 10.8 Å². The van der Waals surface area contributed by atoms with Crippen LogP contribution in [0.1, 0.15) is 58.3 Å². The maximum atomic E-state index is 6.33. The predicted molar refractivity (Wildman–Crippen MR) is 117 cm³/mol. The molecule has 3 nitrogen and oxygen atoms in total. The summed E-state index contributed by atoms with van der Waals surface area (Å²) >= 11 is 6.20. The molecule has 0 amide bonds. The fraction of sp³-hybridized carbons (Fsp3) is 0.700. The van der Waals surface area contributed by atoms with Gasteiger partial charge in [0.1, 0.15) is 5.75 Å². The van der Waals surface area contributed by atoms with Gasteiger partial charge < -0.3 is 13.0 Å². The van der Waals surface area contributed by atoms with Crippen LogP contribution in [-0.4, -0.2) is 23.7 Å². The third kappa shape index (κ3) is 10.7. The Balaban J connectivity index is 2.26. The first-order chi connectivity index (χ1) is 12.3. The van der Waals surface area contributed by atoms with E-state index >= 15 is 0 Å². The van der Waals surface area contributed by atoms with Crippen LogP contribution in [-0.2, 0) is 8.54 Å². The van der Waals surface area contributed by atoms with Crippen LogP contribution < -0.4 is 4.43 Å². The minimum absolute atomic E-state index is 0.621. The van der Waals surface area contributed by atoms with Crippen molar-refractivity contribution in [2.24, 2.45) is 0 Å². The first-order valence-corrected chi connectivity index (χ1v) is 16.0. The summed E-state index contributed by atoms with van der Waals surface area (Å²) in [5.74, 6) is 0.693. The molecule has 0 aliphatic heterocycles. The van der Waals surface area contributed by atoms with E-state index in [0.717, 1.165) is 13.0 Å². The molecule has 0 saturated carbocycles. The largest absolute Gasteiger partial charge is 0.520 e. The smallest absolute Gasteiger partial charge is 0.383 e. The van der Waals surface area contributed by atoms with Gasteiger partial charge in [-0.2, -0.15) is 0 Å². The minimum Gasteiger partial charge on any atom is -0.520 e. The van der Waals surface area contributed by atoms with E-state index in [1.54, 1.807) is 0 Å². The zero-order chi connectivity index (χ0) is 19.5. The third-order valence-corrected chi connectivity index (χ3v) is 9.99. The monoisotopic (exact) mass is 416 g/mol. The van der Waals surface area contributed by atoms with Crippen LogP contribution >= 0.6 is 11.6 Å². The Morgan fingerprint density at radius 2 is 1.38 bits per heavy atom. The lowest BCUT2D eigenvalue weighted by atomic mass is 10.1. The van der Waals surface area contributed by atoms with Crippen LogP contribution in [0.25, 0.3) is 0 Å². The fourth-order valence-electron chi connectivity index (χ4n) is 2.99. The molecule has 0 aliphatic rings. The molecule has 6 heteroatoms. The lowest BCUT2D eigenvalue weighted by molar-refractivity contribution is 0.225. The fourth-order valence-corrected chi connectivity index (χ4v) is 9.71. The summed E-state index contributed by atoms with van der Waals surface area (Å²) in [4.78, 5) is 0. The highest BCUT2D eigenvalue weighted by atomic mass is 35.5. The molecule has 1 rings (SSSR count). The average molecular weight is 417 g/mol. The molecule has 0 aliphatic carbocycles. The second-order valence-corrected chi connectivity index (χ2v) is 15.1. The van der Waals surface area contributed by atoms with Crippen molar-refractivity contribution in [3.05, 3.63) is 29.3 Å². The Bertz CT molecular complexity index is 510. The normalized spacial score (nSPS) is 12.4. The van der Waals surface area contributed by atoms with Crippen molar-refractivity contribution in [2.45, 2.75) is 84.5 Å². The molecule has 0 heterocycles. The summed E-state index contributed by atoms with van der Waals surface area (Å²) < 4.78 is 18.5. The van der Waals surface area contributed by atoms with Crippen LogP contribution in [0.4, 0.5) is 0 Å². The van der Waals surface area contributed by atoms with Crippen molar-refractivity contribution in [3.8, 4) is 5.75 Å². The lowest BCUT2D eigenvalue weighted by Crippen LogP contribution is -2.50. The van der Waals surface area contributed by atoms with Crippen LogP contribution in [0.2, 0.25) is 31.2 Å². The molecule has 0 atom stereocenters. The van der Waals surface area contributed by atoms with Crippen LogP contribution in [0.3, 0.4) is 0 Å². The Labute approximate surface area is 167 Å². The highest BCUT2D eigenvalue weighted by molar-refractivity contribution is 6.79. The molecule has 0 fully saturated rings. The Hall–Kier alpha value is -0.336. The lowest BCUT2D eigenvalue weighted by Gasteiger charge is -2.33. The quantitative estimate of drug-likeness (QED) is 0.235. The molecule has 0 aromatic heterocycles. The van der Waals surface area contributed by atoms with Crippen LogP contribution in [0.5, 0.6) is 5.75 Å². The maximum absolute atomic E-state index is 6.33. The topological polar surface area (TPSA) is 27.7 Å². The molecule has 0 bridgehead atoms. The number of benzene rings is 1. The summed E-state index contributed by atoms with van der Waals surface area (Å²) in [6.45, 7) is 11.3. The standard InChI is InChI=1S/C20H37ClO3Si2/c1-6-7-8-9-10-11-12-15-18-22-25(2,3)24-26(4,5)23-20-17-14-13-16-19(20)21/h13-14,16-17H,6-12,15,18H2,1-5H3. The Morgan fingerprint density at radius 3 is 2.00 bits per heavy atom. The van der Waals surface area contributed by atoms with Gasteiger partial charge in [-0.05, 0) is 44.7 Å². The van der Waals surface area contributed by atoms with Crippen molar-refractivity contribution < 1.29 is 13.0 Å². The molecular weight excluding hydrogens is 380 g/mol. The average Bonchev–Trinajstić information content (AvgIpc) is 2.54. The van der Waals surface area contributed by atoms with Crippen molar-refractivity contribution in [1.82, 2.24) is 0 Å². The molecule has 0 unspecified atom stereocenters. The number of hydrogen-bond donors (Lipinski definition) is 0. The van der Waals surface area contributed by atoms with Crippen LogP contribution in [0.15, 0.2) is 24.3 Å². The third-order valence-electron chi connectivity index (χ3n) is 4.13. The molecular formula is C20H37ClO3Si2. The summed E-state index contributed by atoms with van der Waals surface area (Å²) in [6, 6.07) is 7.54. The van der Waals surface area contributed by atoms with Crippen molar-refractivity contribution in [2.75, 3.05) is 6.61 Å². The van der Waals surface area contributed by atoms with E-state index in [1.165, 1.54) is 44.9 Å². The van der Waals surface area contributed by atoms with Gasteiger partial charge >= 0.3 is 17.1 Å². The number of hydrogen-bond acceptors (Lipinski definition) is 3. The Kier molecular flexibility index (Phi) is 11.1. The second-order valence-electron chi connectivity index (χ2n) is 7.76. The van der Waals surface area contributed by atoms with Gasteiger partial charge in [-0.1, -0.05) is 75.6 Å². The first kappa shape index (κ1) is 23.7. The van der Waals surface area contributed by atoms with Gasteiger partial charge in [0.2, 0.25) is 0 Å². The van der Waals surface area contributed by atoms with Crippen molar-refractivity contribution >= 4 is 28.7 Å². The molecule has 0 N–H and O–H groups in total. The zero-order valence-electron chi connectivity index (χ0n) is 17.3. The summed E-state index contributed by atoms with van der Waals surface area (Å²) in [6.07, 6.45) is 10.5. The number of halogens is 1. The molecule has 26 heavy (non-hydrogen) atoms. The Morgan fingerprint density at radius 1 is 0.808 bits per heavy atom. The summed E-state index contributed by atoms with van der Waals surface area (Å²) in [5.41, 5.74) is 0. The van der Waals surface area contributed by atoms with E-state index < -0.39 is 17.1 Å². The van der Waals surface area contributed by atoms with E-state index in [2.05, 4.69) is 20.0 Å². The van der Waals surface area contributed by atoms with Gasteiger partial charge in [-0.25, -0.2) is 0 Å².